The molecule has 3 aliphatic rings. The fourth-order valence-corrected chi connectivity index (χ4v) is 8.44. The lowest BCUT2D eigenvalue weighted by molar-refractivity contribution is -0.171. The van der Waals surface area contributed by atoms with Crippen LogP contribution in [0.25, 0.3) is 10.9 Å². The van der Waals surface area contributed by atoms with Gasteiger partial charge in [-0.25, -0.2) is 0 Å². The molecule has 1 heterocycles. The third-order valence-corrected chi connectivity index (χ3v) is 10.3. The summed E-state index contributed by atoms with van der Waals surface area (Å²) in [7, 11) is 0. The number of benzene rings is 1. The average Bonchev–Trinajstić information content (AvgIpc) is 3.25. The predicted molar refractivity (Wildman–Crippen MR) is 125 cm³/mol. The second-order valence-corrected chi connectivity index (χ2v) is 11.5. The molecule has 3 aliphatic carbocycles. The molecule has 0 radical (unpaired) electrons. The van der Waals surface area contributed by atoms with E-state index in [1.807, 2.05) is 0 Å². The molecule has 5 rings (SSSR count). The first kappa shape index (κ1) is 20.4. The minimum absolute atomic E-state index is 0.0319. The summed E-state index contributed by atoms with van der Waals surface area (Å²) in [4.78, 5) is 3.52. The zero-order chi connectivity index (χ0) is 21.3. The molecule has 1 unspecified atom stereocenters. The van der Waals surface area contributed by atoms with E-state index in [0.29, 0.717) is 11.8 Å². The van der Waals surface area contributed by atoms with E-state index in [4.69, 9.17) is 0 Å². The summed E-state index contributed by atoms with van der Waals surface area (Å²) in [6.07, 6.45) is 10.2. The highest BCUT2D eigenvalue weighted by atomic mass is 16.3. The summed E-state index contributed by atoms with van der Waals surface area (Å²) in [5.74, 6) is 1.34. The van der Waals surface area contributed by atoms with Crippen LogP contribution in [0.1, 0.15) is 78.7 Å². The summed E-state index contributed by atoms with van der Waals surface area (Å²) in [6, 6.07) is 8.76. The average molecular weight is 406 g/mol. The van der Waals surface area contributed by atoms with Gasteiger partial charge in [0.1, 0.15) is 0 Å². The third-order valence-electron chi connectivity index (χ3n) is 10.3. The number of nitrogens with one attached hydrogen (secondary N) is 1. The minimum Gasteiger partial charge on any atom is -0.393 e. The number of hydrogen-bond donors (Lipinski definition) is 2. The molecule has 0 saturated heterocycles. The van der Waals surface area contributed by atoms with Crippen LogP contribution >= 0.6 is 0 Å². The van der Waals surface area contributed by atoms with Crippen molar-refractivity contribution in [3.05, 3.63) is 47.2 Å². The first-order valence-corrected chi connectivity index (χ1v) is 12.1. The Hall–Kier alpha value is -1.54. The molecule has 30 heavy (non-hydrogen) atoms. The van der Waals surface area contributed by atoms with Crippen LogP contribution in [0.4, 0.5) is 0 Å². The Morgan fingerprint density at radius 1 is 1.10 bits per heavy atom. The smallest absolute Gasteiger partial charge is 0.0602 e. The van der Waals surface area contributed by atoms with Gasteiger partial charge in [0.25, 0.3) is 0 Å². The van der Waals surface area contributed by atoms with Crippen molar-refractivity contribution in [1.82, 2.24) is 4.98 Å². The molecule has 2 aromatic rings. The number of fused-ring (bicyclic) bond motifs is 1. The van der Waals surface area contributed by atoms with Crippen LogP contribution in [0.2, 0.25) is 0 Å². The van der Waals surface area contributed by atoms with Gasteiger partial charge >= 0.3 is 0 Å². The van der Waals surface area contributed by atoms with Crippen LogP contribution < -0.4 is 0 Å². The molecule has 1 aromatic carbocycles. The lowest BCUT2D eigenvalue weighted by Gasteiger charge is -2.65. The van der Waals surface area contributed by atoms with Crippen molar-refractivity contribution in [2.24, 2.45) is 28.1 Å². The van der Waals surface area contributed by atoms with Gasteiger partial charge in [-0.1, -0.05) is 50.1 Å². The summed E-state index contributed by atoms with van der Waals surface area (Å²) in [5, 5.41) is 12.7. The molecular weight excluding hydrogens is 366 g/mol. The number of aliphatic hydroxyl groups excluding tert-OH is 1. The number of aliphatic hydroxyl groups is 1. The number of rotatable bonds is 2. The molecule has 2 heteroatoms. The highest BCUT2D eigenvalue weighted by molar-refractivity contribution is 5.83. The van der Waals surface area contributed by atoms with Crippen molar-refractivity contribution in [2.45, 2.75) is 85.7 Å². The Morgan fingerprint density at radius 2 is 1.87 bits per heavy atom. The lowest BCUT2D eigenvalue weighted by atomic mass is 9.39. The number of H-pyrrole nitrogens is 1. The van der Waals surface area contributed by atoms with E-state index >= 15 is 0 Å². The van der Waals surface area contributed by atoms with E-state index in [1.165, 1.54) is 41.3 Å². The largest absolute Gasteiger partial charge is 0.393 e. The van der Waals surface area contributed by atoms with Gasteiger partial charge in [-0.3, -0.25) is 0 Å². The highest BCUT2D eigenvalue weighted by Crippen LogP contribution is 2.74. The van der Waals surface area contributed by atoms with Crippen molar-refractivity contribution in [3.63, 3.8) is 0 Å². The van der Waals surface area contributed by atoms with Crippen molar-refractivity contribution < 1.29 is 5.11 Å². The monoisotopic (exact) mass is 405 g/mol. The summed E-state index contributed by atoms with van der Waals surface area (Å²) < 4.78 is 0. The van der Waals surface area contributed by atoms with Crippen LogP contribution in [-0.2, 0) is 6.42 Å². The molecule has 0 aliphatic heterocycles. The molecule has 1 aromatic heterocycles. The zero-order valence-electron chi connectivity index (χ0n) is 19.5. The second-order valence-electron chi connectivity index (χ2n) is 11.5. The van der Waals surface area contributed by atoms with Gasteiger partial charge in [0.05, 0.1) is 6.10 Å². The van der Waals surface area contributed by atoms with E-state index in [2.05, 4.69) is 70.1 Å². The number of para-hydroxylation sites is 1. The van der Waals surface area contributed by atoms with E-state index in [-0.39, 0.29) is 22.3 Å². The minimum atomic E-state index is -0.156. The summed E-state index contributed by atoms with van der Waals surface area (Å²) in [6.45, 7) is 12.2. The number of aromatic nitrogens is 1. The Kier molecular flexibility index (Phi) is 4.57. The van der Waals surface area contributed by atoms with Crippen molar-refractivity contribution in [1.29, 1.82) is 0 Å². The molecule has 162 valence electrons. The summed E-state index contributed by atoms with van der Waals surface area (Å²) >= 11 is 0. The fraction of sp³-hybridized carbons (Fsp3) is 0.643. The van der Waals surface area contributed by atoms with Crippen LogP contribution in [0.5, 0.6) is 0 Å². The number of aromatic amines is 1. The quantitative estimate of drug-likeness (QED) is 0.516. The second kappa shape index (κ2) is 6.73. The molecule has 0 bridgehead atoms. The standard InChI is InChI=1S/C28H39NO/c1-18(2)22-13-14-27(5)25(30)11-10-24-26(4,19(3)12-15-28(22,24)27)16-20-17-29-23-9-7-6-8-21(20)23/h6-9,17,19,24-25,29-30H,10-16H2,1-5H3/t19-,24?,25-,26+,27+,28-/m0/s1. The van der Waals surface area contributed by atoms with Gasteiger partial charge < -0.3 is 10.1 Å². The van der Waals surface area contributed by atoms with Crippen LogP contribution in [0.15, 0.2) is 41.6 Å². The maximum atomic E-state index is 11.3. The molecule has 3 saturated carbocycles. The molecule has 2 N–H and O–H groups in total. The molecular formula is C28H39NO. The zero-order valence-corrected chi connectivity index (χ0v) is 19.5. The first-order valence-electron chi connectivity index (χ1n) is 12.1. The number of hydrogen-bond acceptors (Lipinski definition) is 1. The van der Waals surface area contributed by atoms with Crippen molar-refractivity contribution >= 4 is 10.9 Å². The van der Waals surface area contributed by atoms with Gasteiger partial charge in [-0.05, 0) is 87.7 Å². The van der Waals surface area contributed by atoms with Gasteiger partial charge in [-0.2, -0.15) is 0 Å². The Morgan fingerprint density at radius 3 is 2.63 bits per heavy atom. The van der Waals surface area contributed by atoms with E-state index in [9.17, 15) is 5.11 Å². The normalized spacial score (nSPS) is 41.0. The van der Waals surface area contributed by atoms with Crippen LogP contribution in [0, 0.1) is 28.1 Å². The van der Waals surface area contributed by atoms with Gasteiger partial charge in [0.2, 0.25) is 0 Å². The van der Waals surface area contributed by atoms with E-state index in [0.717, 1.165) is 25.7 Å². The number of allylic oxidation sites excluding steroid dienone is 2. The van der Waals surface area contributed by atoms with Gasteiger partial charge in [-0.15, -0.1) is 0 Å². The Labute approximate surface area is 182 Å². The molecule has 6 atom stereocenters. The van der Waals surface area contributed by atoms with Crippen LogP contribution in [0.3, 0.4) is 0 Å². The van der Waals surface area contributed by atoms with Crippen molar-refractivity contribution in [3.8, 4) is 0 Å². The fourth-order valence-electron chi connectivity index (χ4n) is 8.44. The SMILES string of the molecule is CC(C)=C1CC[C@]2(C)[C@@H](O)CCC3[C@](C)(Cc4c[nH]c5ccccc45)[C@@H](C)CC[C@]132. The molecule has 0 amide bonds. The third kappa shape index (κ3) is 2.46. The Bertz CT molecular complexity index is 997. The molecule has 2 nitrogen and oxygen atoms in total. The highest BCUT2D eigenvalue weighted by Gasteiger charge is 2.68. The van der Waals surface area contributed by atoms with Gasteiger partial charge in [0, 0.05) is 27.9 Å². The topological polar surface area (TPSA) is 36.0 Å². The maximum absolute atomic E-state index is 11.3. The van der Waals surface area contributed by atoms with Crippen LogP contribution in [-0.4, -0.2) is 16.2 Å². The van der Waals surface area contributed by atoms with E-state index in [1.54, 1.807) is 5.57 Å². The van der Waals surface area contributed by atoms with E-state index < -0.39 is 0 Å². The maximum Gasteiger partial charge on any atom is 0.0602 e. The lowest BCUT2D eigenvalue weighted by Crippen LogP contribution is -2.61. The van der Waals surface area contributed by atoms with Gasteiger partial charge in [0.15, 0.2) is 0 Å². The molecule has 3 fully saturated rings. The first-order chi connectivity index (χ1) is 14.2. The van der Waals surface area contributed by atoms with Crippen molar-refractivity contribution in [2.75, 3.05) is 0 Å². The Balaban J connectivity index is 1.65. The predicted octanol–water partition coefficient (Wildman–Crippen LogP) is 7.04. The molecule has 1 spiro atoms. The summed E-state index contributed by atoms with van der Waals surface area (Å²) in [5.41, 5.74) is 6.40.